The second-order valence-electron chi connectivity index (χ2n) is 10.5. The predicted molar refractivity (Wildman–Crippen MR) is 130 cm³/mol. The Kier molecular flexibility index (Phi) is 12.1. The smallest absolute Gasteiger partial charge is 0.364 e. The summed E-state index contributed by atoms with van der Waals surface area (Å²) in [6, 6.07) is -1.54. The van der Waals surface area contributed by atoms with Gasteiger partial charge in [0.25, 0.3) is 5.79 Å². The molecule has 2 unspecified atom stereocenters. The number of nitrogens with one attached hydrogen (secondary N) is 1. The third-order valence-electron chi connectivity index (χ3n) is 7.47. The van der Waals surface area contributed by atoms with Crippen LogP contribution in [-0.4, -0.2) is 191 Å². The van der Waals surface area contributed by atoms with Crippen LogP contribution in [-0.2, 0) is 33.3 Å². The van der Waals surface area contributed by atoms with E-state index in [-0.39, 0.29) is 0 Å². The van der Waals surface area contributed by atoms with Crippen LogP contribution in [0.2, 0.25) is 0 Å². The Balaban J connectivity index is 1.94. The van der Waals surface area contributed by atoms with Crippen molar-refractivity contribution < 1.29 is 94.6 Å². The number of aliphatic hydroxyl groups excluding tert-OH is 11. The summed E-state index contributed by atoms with van der Waals surface area (Å²) in [7, 11) is 0. The van der Waals surface area contributed by atoms with Gasteiger partial charge in [-0.05, 0) is 0 Å². The highest BCUT2D eigenvalue weighted by molar-refractivity contribution is 5.76. The number of carboxylic acids is 1. The van der Waals surface area contributed by atoms with Crippen LogP contribution in [0.4, 0.5) is 0 Å². The molecule has 0 aromatic carbocycles. The Morgan fingerprint density at radius 1 is 0.907 bits per heavy atom. The Morgan fingerprint density at radius 2 is 1.53 bits per heavy atom. The lowest BCUT2D eigenvalue weighted by molar-refractivity contribution is -0.385. The summed E-state index contributed by atoms with van der Waals surface area (Å²) in [5.74, 6) is -5.74. The van der Waals surface area contributed by atoms with E-state index in [1.807, 2.05) is 0 Å². The molecular weight excluding hydrogens is 594 g/mol. The maximum atomic E-state index is 12.5. The number of amides is 1. The zero-order valence-corrected chi connectivity index (χ0v) is 22.7. The molecule has 0 bridgehead atoms. The normalized spacial score (nSPS) is 45.3. The van der Waals surface area contributed by atoms with Crippen LogP contribution in [0.25, 0.3) is 0 Å². The molecule has 0 aromatic rings. The molecule has 3 aliphatic rings. The third-order valence-corrected chi connectivity index (χ3v) is 7.47. The molecule has 20 heteroatoms. The van der Waals surface area contributed by atoms with Crippen molar-refractivity contribution in [3.63, 3.8) is 0 Å². The summed E-state index contributed by atoms with van der Waals surface area (Å²) < 4.78 is 26.8. The summed E-state index contributed by atoms with van der Waals surface area (Å²) in [6.45, 7) is -1.85. The highest BCUT2D eigenvalue weighted by Gasteiger charge is 2.60. The van der Waals surface area contributed by atoms with Crippen molar-refractivity contribution in [3.05, 3.63) is 0 Å². The maximum absolute atomic E-state index is 12.5. The third kappa shape index (κ3) is 7.41. The van der Waals surface area contributed by atoms with E-state index in [0.29, 0.717) is 0 Å². The van der Waals surface area contributed by atoms with Gasteiger partial charge in [-0.3, -0.25) is 4.79 Å². The fraction of sp³-hybridized carbons (Fsp3) is 0.913. The van der Waals surface area contributed by atoms with E-state index in [4.69, 9.17) is 23.7 Å². The largest absolute Gasteiger partial charge is 0.477 e. The van der Waals surface area contributed by atoms with Gasteiger partial charge in [0.2, 0.25) is 5.91 Å². The summed E-state index contributed by atoms with van der Waals surface area (Å²) in [5.41, 5.74) is 0. The fourth-order valence-corrected chi connectivity index (χ4v) is 5.16. The van der Waals surface area contributed by atoms with Crippen LogP contribution in [0.5, 0.6) is 0 Å². The summed E-state index contributed by atoms with van der Waals surface area (Å²) in [6.07, 6.45) is -27.8. The Labute approximate surface area is 243 Å². The highest BCUT2D eigenvalue weighted by atomic mass is 16.8. The minimum absolute atomic E-state index is 0.749. The second kappa shape index (κ2) is 14.6. The minimum Gasteiger partial charge on any atom is -0.477 e. The molecule has 43 heavy (non-hydrogen) atoms. The number of aliphatic hydroxyl groups is 11. The topological polar surface area (TPSA) is 335 Å². The van der Waals surface area contributed by atoms with E-state index < -0.39 is 136 Å². The van der Waals surface area contributed by atoms with Crippen LogP contribution < -0.4 is 5.32 Å². The van der Waals surface area contributed by atoms with Crippen LogP contribution in [0.1, 0.15) is 13.3 Å². The Hall–Kier alpha value is -1.70. The first-order valence-electron chi connectivity index (χ1n) is 13.2. The van der Waals surface area contributed by atoms with Crippen molar-refractivity contribution in [2.45, 2.75) is 111 Å². The van der Waals surface area contributed by atoms with Crippen LogP contribution >= 0.6 is 0 Å². The van der Waals surface area contributed by atoms with E-state index >= 15 is 0 Å². The van der Waals surface area contributed by atoms with Gasteiger partial charge in [0, 0.05) is 13.3 Å². The Morgan fingerprint density at radius 3 is 2.07 bits per heavy atom. The SMILES string of the molecule is CC(=O)N[C@H]1[C@H]([C@H](O)[C@H](O)CO)OC(O[C@H]2[C@@H](O)[C@@H](CO)O[C@@H](O[C@H]3[C@H](O)[C@@H](O)C(O)O[C@@H]3CO)[C@@H]2O)(C(=O)O)C[C@@H]1O. The zero-order valence-electron chi connectivity index (χ0n) is 22.7. The molecule has 3 aliphatic heterocycles. The van der Waals surface area contributed by atoms with Gasteiger partial charge < -0.3 is 90.3 Å². The number of ether oxygens (including phenoxy) is 5. The molecule has 3 fully saturated rings. The van der Waals surface area contributed by atoms with Crippen molar-refractivity contribution in [1.29, 1.82) is 0 Å². The summed E-state index contributed by atoms with van der Waals surface area (Å²) in [5, 5.41) is 124. The lowest BCUT2D eigenvalue weighted by Gasteiger charge is -2.50. The van der Waals surface area contributed by atoms with Crippen molar-refractivity contribution in [3.8, 4) is 0 Å². The van der Waals surface area contributed by atoms with E-state index in [9.17, 15) is 70.9 Å². The molecule has 0 saturated carbocycles. The second-order valence-corrected chi connectivity index (χ2v) is 10.5. The number of aliphatic carboxylic acids is 1. The predicted octanol–water partition coefficient (Wildman–Crippen LogP) is -8.22. The first-order valence-corrected chi connectivity index (χ1v) is 13.2. The molecule has 0 aromatic heterocycles. The average Bonchev–Trinajstić information content (AvgIpc) is 2.96. The first-order chi connectivity index (χ1) is 20.1. The van der Waals surface area contributed by atoms with Gasteiger partial charge in [-0.25, -0.2) is 4.79 Å². The number of carbonyl (C=O) groups is 2. The molecular formula is C23H39NO19. The average molecular weight is 634 g/mol. The number of hydrogen-bond acceptors (Lipinski definition) is 18. The molecule has 20 nitrogen and oxygen atoms in total. The number of hydrogen-bond donors (Lipinski definition) is 13. The van der Waals surface area contributed by atoms with Gasteiger partial charge >= 0.3 is 5.97 Å². The van der Waals surface area contributed by atoms with Gasteiger partial charge in [-0.15, -0.1) is 0 Å². The molecule has 3 heterocycles. The molecule has 0 aliphatic carbocycles. The van der Waals surface area contributed by atoms with Gasteiger partial charge in [-0.1, -0.05) is 0 Å². The molecule has 0 radical (unpaired) electrons. The van der Waals surface area contributed by atoms with Crippen molar-refractivity contribution in [2.24, 2.45) is 0 Å². The van der Waals surface area contributed by atoms with Gasteiger partial charge in [0.05, 0.1) is 32.0 Å². The molecule has 1 amide bonds. The number of rotatable bonds is 11. The summed E-state index contributed by atoms with van der Waals surface area (Å²) >= 11 is 0. The van der Waals surface area contributed by atoms with E-state index in [1.54, 1.807) is 0 Å². The molecule has 13 N–H and O–H groups in total. The van der Waals surface area contributed by atoms with Gasteiger partial charge in [-0.2, -0.15) is 0 Å². The maximum Gasteiger partial charge on any atom is 0.364 e. The minimum atomic E-state index is -3.02. The van der Waals surface area contributed by atoms with Crippen LogP contribution in [0.15, 0.2) is 0 Å². The number of carbonyl (C=O) groups excluding carboxylic acids is 1. The van der Waals surface area contributed by atoms with Crippen LogP contribution in [0, 0.1) is 0 Å². The Bertz CT molecular complexity index is 942. The van der Waals surface area contributed by atoms with Gasteiger partial charge in [0.1, 0.15) is 67.1 Å². The lowest BCUT2D eigenvalue weighted by Crippen LogP contribution is -2.70. The van der Waals surface area contributed by atoms with Crippen molar-refractivity contribution in [1.82, 2.24) is 5.32 Å². The van der Waals surface area contributed by atoms with Gasteiger partial charge in [0.15, 0.2) is 12.6 Å². The van der Waals surface area contributed by atoms with E-state index in [2.05, 4.69) is 5.32 Å². The van der Waals surface area contributed by atoms with Crippen LogP contribution in [0.3, 0.4) is 0 Å². The molecule has 3 rings (SSSR count). The molecule has 0 spiro atoms. The first kappa shape index (κ1) is 35.8. The molecule has 250 valence electrons. The molecule has 16 atom stereocenters. The highest BCUT2D eigenvalue weighted by Crippen LogP contribution is 2.38. The fourth-order valence-electron chi connectivity index (χ4n) is 5.16. The lowest BCUT2D eigenvalue weighted by atomic mass is 9.88. The van der Waals surface area contributed by atoms with Crippen molar-refractivity contribution in [2.75, 3.05) is 19.8 Å². The quantitative estimate of drug-likeness (QED) is 0.100. The monoisotopic (exact) mass is 633 g/mol. The summed E-state index contributed by atoms with van der Waals surface area (Å²) in [4.78, 5) is 24.3. The number of carboxylic acid groups (broad SMARTS) is 1. The standard InChI is InChI=1S/C23H39NO19/c1-6(28)24-11-7(29)2-23(22(37)38,42-18(11)12(31)8(30)3-25)43-19-13(32)9(4-26)40-21(16(19)35)41-17-10(5-27)39-20(36)15(34)14(17)33/h7-21,25-27,29-36H,2-5H2,1H3,(H,24,28)(H,37,38)/t7-,8+,9+,10+,11+,12+,13-,14+,15+,16+,17+,18+,19-,20?,21-,23?/m0/s1. The van der Waals surface area contributed by atoms with Crippen molar-refractivity contribution >= 4 is 11.9 Å². The molecule has 3 saturated heterocycles. The van der Waals surface area contributed by atoms with E-state index in [1.165, 1.54) is 0 Å². The van der Waals surface area contributed by atoms with E-state index in [0.717, 1.165) is 6.92 Å². The zero-order chi connectivity index (χ0) is 32.4.